The summed E-state index contributed by atoms with van der Waals surface area (Å²) in [7, 11) is 0. The molecule has 2 heterocycles. The largest absolute Gasteiger partial charge is 0.351 e. The van der Waals surface area contributed by atoms with Gasteiger partial charge in [0.1, 0.15) is 11.9 Å². The van der Waals surface area contributed by atoms with E-state index in [1.54, 1.807) is 6.20 Å². The van der Waals surface area contributed by atoms with Gasteiger partial charge in [0.05, 0.1) is 5.56 Å². The summed E-state index contributed by atoms with van der Waals surface area (Å²) in [6, 6.07) is 6.27. The fourth-order valence-electron chi connectivity index (χ4n) is 1.80. The van der Waals surface area contributed by atoms with Gasteiger partial charge in [0.2, 0.25) is 0 Å². The van der Waals surface area contributed by atoms with Crippen LogP contribution in [0.15, 0.2) is 18.3 Å². The Balaban J connectivity index is 0.00000128. The van der Waals surface area contributed by atoms with E-state index in [-0.39, 0.29) is 24.8 Å². The number of piperazine rings is 1. The fourth-order valence-corrected chi connectivity index (χ4v) is 1.80. The van der Waals surface area contributed by atoms with Crippen LogP contribution in [0.4, 0.5) is 5.82 Å². The van der Waals surface area contributed by atoms with Gasteiger partial charge in [-0.25, -0.2) is 4.98 Å². The smallest absolute Gasteiger partial charge is 0.128 e. The monoisotopic (exact) mass is 274 g/mol. The number of nitrogens with one attached hydrogen (secondary N) is 1. The highest BCUT2D eigenvalue weighted by molar-refractivity contribution is 5.85. The second-order valence-corrected chi connectivity index (χ2v) is 3.76. The first-order valence-electron chi connectivity index (χ1n) is 5.15. The Labute approximate surface area is 114 Å². The number of rotatable bonds is 1. The number of hydrogen-bond acceptors (Lipinski definition) is 4. The lowest BCUT2D eigenvalue weighted by Gasteiger charge is -2.34. The van der Waals surface area contributed by atoms with Gasteiger partial charge in [-0.1, -0.05) is 0 Å². The van der Waals surface area contributed by atoms with E-state index in [4.69, 9.17) is 5.26 Å². The Bertz CT molecular complexity index is 374. The maximum atomic E-state index is 8.68. The Kier molecular flexibility index (Phi) is 6.89. The number of nitrogens with zero attached hydrogens (tertiary/aromatic N) is 3. The van der Waals surface area contributed by atoms with Gasteiger partial charge in [-0.3, -0.25) is 0 Å². The summed E-state index contributed by atoms with van der Waals surface area (Å²) >= 11 is 0. The Morgan fingerprint density at radius 2 is 2.24 bits per heavy atom. The van der Waals surface area contributed by atoms with Gasteiger partial charge in [-0.15, -0.1) is 24.8 Å². The topological polar surface area (TPSA) is 52.0 Å². The van der Waals surface area contributed by atoms with Gasteiger partial charge >= 0.3 is 0 Å². The van der Waals surface area contributed by atoms with Gasteiger partial charge in [0, 0.05) is 31.9 Å². The highest BCUT2D eigenvalue weighted by Gasteiger charge is 2.18. The summed E-state index contributed by atoms with van der Waals surface area (Å²) in [6.45, 7) is 5.12. The minimum Gasteiger partial charge on any atom is -0.351 e. The van der Waals surface area contributed by atoms with Crippen LogP contribution in [0.1, 0.15) is 12.5 Å². The molecule has 4 nitrogen and oxygen atoms in total. The van der Waals surface area contributed by atoms with E-state index < -0.39 is 0 Å². The van der Waals surface area contributed by atoms with Crippen molar-refractivity contribution in [3.8, 4) is 6.07 Å². The molecule has 0 aliphatic carbocycles. The number of halogens is 2. The van der Waals surface area contributed by atoms with Gasteiger partial charge < -0.3 is 10.2 Å². The van der Waals surface area contributed by atoms with Crippen molar-refractivity contribution in [2.24, 2.45) is 0 Å². The van der Waals surface area contributed by atoms with Crippen molar-refractivity contribution < 1.29 is 0 Å². The average Bonchev–Trinajstić information content (AvgIpc) is 2.30. The number of nitriles is 1. The van der Waals surface area contributed by atoms with Gasteiger partial charge in [0.25, 0.3) is 0 Å². The predicted octanol–water partition coefficient (Wildman–Crippen LogP) is 1.59. The van der Waals surface area contributed by atoms with Gasteiger partial charge in [-0.05, 0) is 19.1 Å². The zero-order valence-electron chi connectivity index (χ0n) is 9.59. The molecule has 0 aromatic carbocycles. The first-order chi connectivity index (χ1) is 7.31. The third kappa shape index (κ3) is 3.74. The highest BCUT2D eigenvalue weighted by atomic mass is 35.5. The molecule has 1 atom stereocenters. The molecule has 0 radical (unpaired) electrons. The molecule has 1 aliphatic rings. The zero-order chi connectivity index (χ0) is 10.7. The molecule has 1 saturated heterocycles. The Morgan fingerprint density at radius 1 is 1.47 bits per heavy atom. The summed E-state index contributed by atoms with van der Waals surface area (Å²) in [5.74, 6) is 0.961. The number of pyridine rings is 1. The van der Waals surface area contributed by atoms with Crippen LogP contribution < -0.4 is 10.2 Å². The second kappa shape index (κ2) is 7.33. The van der Waals surface area contributed by atoms with Crippen LogP contribution in [0, 0.1) is 11.3 Å². The lowest BCUT2D eigenvalue weighted by molar-refractivity contribution is 0.497. The SMILES string of the molecule is CC1CNCCN1c1ccc(C#N)cn1.Cl.Cl. The van der Waals surface area contributed by atoms with E-state index in [0.717, 1.165) is 25.5 Å². The summed E-state index contributed by atoms with van der Waals surface area (Å²) in [5.41, 5.74) is 0.613. The molecule has 1 unspecified atom stereocenters. The third-order valence-electron chi connectivity index (χ3n) is 2.67. The first-order valence-corrected chi connectivity index (χ1v) is 5.15. The molecule has 0 amide bonds. The van der Waals surface area contributed by atoms with Gasteiger partial charge in [0.15, 0.2) is 0 Å². The van der Waals surface area contributed by atoms with E-state index >= 15 is 0 Å². The first kappa shape index (κ1) is 16.0. The molecule has 1 N–H and O–H groups in total. The van der Waals surface area contributed by atoms with Crippen LogP contribution in [-0.4, -0.2) is 30.7 Å². The van der Waals surface area contributed by atoms with Crippen LogP contribution in [-0.2, 0) is 0 Å². The number of anilines is 1. The van der Waals surface area contributed by atoms with Crippen molar-refractivity contribution in [1.82, 2.24) is 10.3 Å². The lowest BCUT2D eigenvalue weighted by Crippen LogP contribution is -2.50. The van der Waals surface area contributed by atoms with Crippen molar-refractivity contribution >= 4 is 30.6 Å². The van der Waals surface area contributed by atoms with Crippen molar-refractivity contribution in [2.45, 2.75) is 13.0 Å². The van der Waals surface area contributed by atoms with Crippen LogP contribution in [0.3, 0.4) is 0 Å². The van der Waals surface area contributed by atoms with Gasteiger partial charge in [-0.2, -0.15) is 5.26 Å². The fraction of sp³-hybridized carbons (Fsp3) is 0.455. The molecule has 0 saturated carbocycles. The maximum absolute atomic E-state index is 8.68. The standard InChI is InChI=1S/C11H14N4.2ClH/c1-9-7-13-4-5-15(9)11-3-2-10(6-12)8-14-11;;/h2-3,8-9,13H,4-5,7H2,1H3;2*1H. The normalized spacial score (nSPS) is 18.6. The van der Waals surface area contributed by atoms with Crippen molar-refractivity contribution in [2.75, 3.05) is 24.5 Å². The molecule has 1 aromatic rings. The predicted molar refractivity (Wildman–Crippen MR) is 73.1 cm³/mol. The Hall–Kier alpha value is -1.02. The molecular weight excluding hydrogens is 259 g/mol. The molecule has 1 aliphatic heterocycles. The Morgan fingerprint density at radius 3 is 2.76 bits per heavy atom. The van der Waals surface area contributed by atoms with Crippen molar-refractivity contribution in [1.29, 1.82) is 5.26 Å². The summed E-state index contributed by atoms with van der Waals surface area (Å²) < 4.78 is 0. The average molecular weight is 275 g/mol. The summed E-state index contributed by atoms with van der Waals surface area (Å²) in [4.78, 5) is 6.56. The number of hydrogen-bond donors (Lipinski definition) is 1. The van der Waals surface area contributed by atoms with Crippen molar-refractivity contribution in [3.05, 3.63) is 23.9 Å². The highest BCUT2D eigenvalue weighted by Crippen LogP contribution is 2.15. The molecule has 2 rings (SSSR count). The zero-order valence-corrected chi connectivity index (χ0v) is 11.2. The van der Waals surface area contributed by atoms with Crippen LogP contribution in [0.25, 0.3) is 0 Å². The van der Waals surface area contributed by atoms with E-state index in [2.05, 4.69) is 28.2 Å². The third-order valence-corrected chi connectivity index (χ3v) is 2.67. The molecule has 0 spiro atoms. The molecule has 1 fully saturated rings. The second-order valence-electron chi connectivity index (χ2n) is 3.76. The van der Waals surface area contributed by atoms with Crippen LogP contribution in [0.2, 0.25) is 0 Å². The molecule has 0 bridgehead atoms. The summed E-state index contributed by atoms with van der Waals surface area (Å²) in [5, 5.41) is 12.0. The summed E-state index contributed by atoms with van der Waals surface area (Å²) in [6.07, 6.45) is 1.63. The van der Waals surface area contributed by atoms with E-state index in [1.807, 2.05) is 12.1 Å². The molecule has 1 aromatic heterocycles. The van der Waals surface area contributed by atoms with E-state index in [1.165, 1.54) is 0 Å². The quantitative estimate of drug-likeness (QED) is 0.845. The van der Waals surface area contributed by atoms with E-state index in [9.17, 15) is 0 Å². The lowest BCUT2D eigenvalue weighted by atomic mass is 10.2. The molecule has 6 heteroatoms. The van der Waals surface area contributed by atoms with Crippen LogP contribution >= 0.6 is 24.8 Å². The number of aromatic nitrogens is 1. The van der Waals surface area contributed by atoms with Crippen LogP contribution in [0.5, 0.6) is 0 Å². The minimum atomic E-state index is 0. The molecule has 94 valence electrons. The van der Waals surface area contributed by atoms with Crippen molar-refractivity contribution in [3.63, 3.8) is 0 Å². The van der Waals surface area contributed by atoms with E-state index in [0.29, 0.717) is 11.6 Å². The maximum Gasteiger partial charge on any atom is 0.128 e. The molecule has 17 heavy (non-hydrogen) atoms. The molecular formula is C11H16Cl2N4. The minimum absolute atomic E-state index is 0.